The van der Waals surface area contributed by atoms with E-state index >= 15 is 0 Å². The molecule has 1 heterocycles. The lowest BCUT2D eigenvalue weighted by Gasteiger charge is -2.34. The van der Waals surface area contributed by atoms with Crippen molar-refractivity contribution in [3.63, 3.8) is 0 Å². The van der Waals surface area contributed by atoms with E-state index in [1.807, 2.05) is 0 Å². The van der Waals surface area contributed by atoms with Crippen LogP contribution >= 0.6 is 11.6 Å². The van der Waals surface area contributed by atoms with Gasteiger partial charge >= 0.3 is 0 Å². The second-order valence-electron chi connectivity index (χ2n) is 6.28. The summed E-state index contributed by atoms with van der Waals surface area (Å²) in [7, 11) is -3.75. The summed E-state index contributed by atoms with van der Waals surface area (Å²) in [6.07, 6.45) is 11.2. The minimum atomic E-state index is -3.75. The van der Waals surface area contributed by atoms with Crippen molar-refractivity contribution in [3.05, 3.63) is 57.6 Å². The summed E-state index contributed by atoms with van der Waals surface area (Å²) in [4.78, 5) is 10.2. The fourth-order valence-electron chi connectivity index (χ4n) is 3.37. The number of benzene rings is 1. The number of allylic oxidation sites excluding steroid dienone is 4. The van der Waals surface area contributed by atoms with Gasteiger partial charge < -0.3 is 0 Å². The van der Waals surface area contributed by atoms with Gasteiger partial charge in [-0.3, -0.25) is 10.1 Å². The van der Waals surface area contributed by atoms with Crippen LogP contribution in [-0.2, 0) is 10.0 Å². The molecule has 1 aliphatic heterocycles. The summed E-state index contributed by atoms with van der Waals surface area (Å²) in [5.74, 6) is 0.800. The summed E-state index contributed by atoms with van der Waals surface area (Å²) < 4.78 is 27.0. The Morgan fingerprint density at radius 2 is 1.80 bits per heavy atom. The highest BCUT2D eigenvalue weighted by molar-refractivity contribution is 7.89. The predicted octanol–water partition coefficient (Wildman–Crippen LogP) is 3.78. The van der Waals surface area contributed by atoms with Gasteiger partial charge in [0.25, 0.3) is 5.69 Å². The Bertz CT molecular complexity index is 815. The minimum Gasteiger partial charge on any atom is -0.258 e. The molecule has 2 aliphatic rings. The zero-order valence-electron chi connectivity index (χ0n) is 13.5. The molecule has 1 fully saturated rings. The molecule has 8 heteroatoms. The summed E-state index contributed by atoms with van der Waals surface area (Å²) >= 11 is 5.77. The third kappa shape index (κ3) is 3.78. The van der Waals surface area contributed by atoms with Crippen molar-refractivity contribution in [1.29, 1.82) is 0 Å². The van der Waals surface area contributed by atoms with E-state index in [0.29, 0.717) is 24.9 Å². The summed E-state index contributed by atoms with van der Waals surface area (Å²) in [5.41, 5.74) is -0.393. The molecule has 0 spiro atoms. The van der Waals surface area contributed by atoms with Crippen LogP contribution in [0.1, 0.15) is 19.3 Å². The van der Waals surface area contributed by atoms with E-state index in [9.17, 15) is 18.5 Å². The first kappa shape index (κ1) is 18.1. The van der Waals surface area contributed by atoms with Crippen LogP contribution in [0.25, 0.3) is 0 Å². The number of piperidine rings is 1. The summed E-state index contributed by atoms with van der Waals surface area (Å²) in [6.45, 7) is 0.837. The van der Waals surface area contributed by atoms with Gasteiger partial charge in [0, 0.05) is 19.2 Å². The number of rotatable bonds is 4. The van der Waals surface area contributed by atoms with Gasteiger partial charge in [-0.1, -0.05) is 35.9 Å². The molecular formula is C17H19ClN2O4S. The summed E-state index contributed by atoms with van der Waals surface area (Å²) in [5, 5.41) is 10.9. The average Bonchev–Trinajstić information content (AvgIpc) is 2.62. The standard InChI is InChI=1S/C17H19ClN2O4S/c18-16-7-6-15(12-17(16)20(21)22)25(23,24)19-10-8-14(9-11-19)13-4-2-1-3-5-13/h2-7,12-14H,1,8-11H2. The van der Waals surface area contributed by atoms with Crippen molar-refractivity contribution in [2.75, 3.05) is 13.1 Å². The lowest BCUT2D eigenvalue weighted by molar-refractivity contribution is -0.384. The lowest BCUT2D eigenvalue weighted by Crippen LogP contribution is -2.39. The largest absolute Gasteiger partial charge is 0.289 e. The Hall–Kier alpha value is -1.70. The molecule has 0 unspecified atom stereocenters. The van der Waals surface area contributed by atoms with Crippen molar-refractivity contribution < 1.29 is 13.3 Å². The molecule has 1 aliphatic carbocycles. The molecule has 0 N–H and O–H groups in total. The molecule has 0 amide bonds. The van der Waals surface area contributed by atoms with Gasteiger partial charge in [-0.15, -0.1) is 0 Å². The van der Waals surface area contributed by atoms with Gasteiger partial charge in [-0.2, -0.15) is 4.31 Å². The molecule has 134 valence electrons. The predicted molar refractivity (Wildman–Crippen MR) is 96.0 cm³/mol. The van der Waals surface area contributed by atoms with E-state index in [2.05, 4.69) is 24.3 Å². The first-order valence-corrected chi connectivity index (χ1v) is 9.99. The van der Waals surface area contributed by atoms with Crippen molar-refractivity contribution in [3.8, 4) is 0 Å². The molecule has 1 aromatic carbocycles. The normalized spacial score (nSPS) is 20.0. The van der Waals surface area contributed by atoms with Crippen LogP contribution in [0.3, 0.4) is 0 Å². The Balaban J connectivity index is 1.75. The van der Waals surface area contributed by atoms with E-state index in [4.69, 9.17) is 11.6 Å². The third-order valence-electron chi connectivity index (χ3n) is 4.78. The topological polar surface area (TPSA) is 80.5 Å². The molecular weight excluding hydrogens is 364 g/mol. The Kier molecular flexibility index (Phi) is 5.27. The Labute approximate surface area is 152 Å². The van der Waals surface area contributed by atoms with Gasteiger partial charge in [0.05, 0.1) is 9.82 Å². The second kappa shape index (κ2) is 7.27. The van der Waals surface area contributed by atoms with Crippen molar-refractivity contribution in [2.24, 2.45) is 11.8 Å². The van der Waals surface area contributed by atoms with Crippen LogP contribution in [0.2, 0.25) is 5.02 Å². The molecule has 0 radical (unpaired) electrons. The van der Waals surface area contributed by atoms with Gasteiger partial charge in [-0.05, 0) is 43.2 Å². The molecule has 1 aromatic rings. The quantitative estimate of drug-likeness (QED) is 0.451. The first-order valence-electron chi connectivity index (χ1n) is 8.17. The van der Waals surface area contributed by atoms with E-state index in [0.717, 1.165) is 25.3 Å². The van der Waals surface area contributed by atoms with Crippen LogP contribution in [0.5, 0.6) is 0 Å². The van der Waals surface area contributed by atoms with Crippen molar-refractivity contribution in [2.45, 2.75) is 24.2 Å². The highest BCUT2D eigenvalue weighted by Crippen LogP contribution is 2.33. The van der Waals surface area contributed by atoms with Gasteiger partial charge in [0.15, 0.2) is 0 Å². The van der Waals surface area contributed by atoms with E-state index in [-0.39, 0.29) is 9.92 Å². The average molecular weight is 383 g/mol. The smallest absolute Gasteiger partial charge is 0.258 e. The molecule has 0 atom stereocenters. The highest BCUT2D eigenvalue weighted by Gasteiger charge is 2.32. The SMILES string of the molecule is O=[N+]([O-])c1cc(S(=O)(=O)N2CCC(C3C=CCC=C3)CC2)ccc1Cl. The molecule has 1 saturated heterocycles. The van der Waals surface area contributed by atoms with Gasteiger partial charge in [0.1, 0.15) is 5.02 Å². The number of sulfonamides is 1. The maximum atomic E-state index is 12.8. The summed E-state index contributed by atoms with van der Waals surface area (Å²) in [6, 6.07) is 3.62. The first-order chi connectivity index (χ1) is 11.9. The van der Waals surface area contributed by atoms with Crippen LogP contribution in [0.15, 0.2) is 47.4 Å². The Morgan fingerprint density at radius 3 is 2.40 bits per heavy atom. The number of nitro benzene ring substituents is 1. The van der Waals surface area contributed by atoms with E-state index < -0.39 is 20.6 Å². The molecule has 0 bridgehead atoms. The van der Waals surface area contributed by atoms with Gasteiger partial charge in [0.2, 0.25) is 10.0 Å². The van der Waals surface area contributed by atoms with Crippen molar-refractivity contribution >= 4 is 27.3 Å². The fourth-order valence-corrected chi connectivity index (χ4v) is 5.05. The van der Waals surface area contributed by atoms with Crippen LogP contribution in [-0.4, -0.2) is 30.7 Å². The van der Waals surface area contributed by atoms with E-state index in [1.165, 1.54) is 16.4 Å². The molecule has 0 aromatic heterocycles. The monoisotopic (exact) mass is 382 g/mol. The van der Waals surface area contributed by atoms with Crippen LogP contribution in [0, 0.1) is 22.0 Å². The van der Waals surface area contributed by atoms with Crippen molar-refractivity contribution in [1.82, 2.24) is 4.31 Å². The number of nitrogens with zero attached hydrogens (tertiary/aromatic N) is 2. The Morgan fingerprint density at radius 1 is 1.16 bits per heavy atom. The zero-order valence-corrected chi connectivity index (χ0v) is 15.1. The maximum absolute atomic E-state index is 12.8. The second-order valence-corrected chi connectivity index (χ2v) is 8.63. The number of hydrogen-bond acceptors (Lipinski definition) is 4. The third-order valence-corrected chi connectivity index (χ3v) is 7.00. The number of nitro groups is 1. The molecule has 25 heavy (non-hydrogen) atoms. The minimum absolute atomic E-state index is 0.0708. The number of hydrogen-bond donors (Lipinski definition) is 0. The zero-order chi connectivity index (χ0) is 18.0. The lowest BCUT2D eigenvalue weighted by atomic mass is 9.83. The number of halogens is 1. The fraction of sp³-hybridized carbons (Fsp3) is 0.412. The van der Waals surface area contributed by atoms with Crippen LogP contribution < -0.4 is 0 Å². The van der Waals surface area contributed by atoms with Gasteiger partial charge in [-0.25, -0.2) is 8.42 Å². The maximum Gasteiger partial charge on any atom is 0.289 e. The molecule has 6 nitrogen and oxygen atoms in total. The molecule has 0 saturated carbocycles. The highest BCUT2D eigenvalue weighted by atomic mass is 35.5. The molecule has 3 rings (SSSR count). The van der Waals surface area contributed by atoms with Crippen LogP contribution in [0.4, 0.5) is 5.69 Å². The van der Waals surface area contributed by atoms with E-state index in [1.54, 1.807) is 0 Å².